The van der Waals surface area contributed by atoms with Crippen molar-refractivity contribution in [1.82, 2.24) is 0 Å². The van der Waals surface area contributed by atoms with Crippen LogP contribution in [0.3, 0.4) is 0 Å². The number of alkyl halides is 1. The Kier molecular flexibility index (Phi) is 5.20. The molecule has 0 fully saturated rings. The van der Waals surface area contributed by atoms with Crippen molar-refractivity contribution < 1.29 is 0 Å². The number of halogens is 4. The molecule has 0 spiro atoms. The summed E-state index contributed by atoms with van der Waals surface area (Å²) in [5.74, 6) is 5.56. The molecule has 0 nitrogen and oxygen atoms in total. The highest BCUT2D eigenvalue weighted by atomic mass is 35.8. The largest absolute Gasteiger partial charge is 0.352 e. The minimum Gasteiger partial charge on any atom is -0.125 e. The number of hydrogen-bond donors (Lipinski definition) is 0. The second-order valence-electron chi connectivity index (χ2n) is 1.28. The third-order valence-corrected chi connectivity index (χ3v) is 2.39. The quantitative estimate of drug-likeness (QED) is 0.277. The average molecular weight is 222 g/mol. The van der Waals surface area contributed by atoms with Gasteiger partial charge in [-0.3, -0.25) is 0 Å². The smallest absolute Gasteiger partial charge is 0.125 e. The zero-order chi connectivity index (χ0) is 7.33. The lowest BCUT2D eigenvalue weighted by atomic mass is 10.7. The summed E-state index contributed by atoms with van der Waals surface area (Å²) in [6.07, 6.45) is 0. The molecular formula is C4H4Cl4Si. The van der Waals surface area contributed by atoms with Crippen LogP contribution in [-0.4, -0.2) is 11.9 Å². The molecule has 0 aliphatic heterocycles. The van der Waals surface area contributed by atoms with Crippen LogP contribution in [0.4, 0.5) is 0 Å². The van der Waals surface area contributed by atoms with Crippen molar-refractivity contribution >= 4 is 50.8 Å². The second kappa shape index (κ2) is 4.71. The summed E-state index contributed by atoms with van der Waals surface area (Å²) in [4.78, 5) is 0. The Hall–Kier alpha value is 0.937. The minimum atomic E-state index is -2.51. The Labute approximate surface area is 74.5 Å². The van der Waals surface area contributed by atoms with Gasteiger partial charge in [-0.1, -0.05) is 5.92 Å². The molecule has 0 rings (SSSR count). The molecular weight excluding hydrogens is 218 g/mol. The summed E-state index contributed by atoms with van der Waals surface area (Å²) < 4.78 is 0. The van der Waals surface area contributed by atoms with Gasteiger partial charge in [0.25, 0.3) is 0 Å². The van der Waals surface area contributed by atoms with Crippen molar-refractivity contribution in [2.75, 3.05) is 5.88 Å². The lowest BCUT2D eigenvalue weighted by molar-refractivity contribution is 1.78. The van der Waals surface area contributed by atoms with Crippen LogP contribution in [0, 0.1) is 11.8 Å². The molecule has 0 aromatic rings. The summed E-state index contributed by atoms with van der Waals surface area (Å²) in [6.45, 7) is 0. The van der Waals surface area contributed by atoms with Gasteiger partial charge in [0.05, 0.1) is 5.88 Å². The highest BCUT2D eigenvalue weighted by Crippen LogP contribution is 2.23. The van der Waals surface area contributed by atoms with Crippen LogP contribution >= 0.6 is 44.8 Å². The third-order valence-electron chi connectivity index (χ3n) is 0.481. The van der Waals surface area contributed by atoms with Gasteiger partial charge >= 0.3 is 6.00 Å². The Morgan fingerprint density at radius 1 is 1.11 bits per heavy atom. The van der Waals surface area contributed by atoms with Crippen molar-refractivity contribution in [1.29, 1.82) is 0 Å². The van der Waals surface area contributed by atoms with Gasteiger partial charge in [-0.15, -0.1) is 50.8 Å². The predicted octanol–water partition coefficient (Wildman–Crippen LogP) is 2.88. The SMILES string of the molecule is ClCC#CC[Si](Cl)(Cl)Cl. The van der Waals surface area contributed by atoms with Gasteiger partial charge in [-0.25, -0.2) is 0 Å². The van der Waals surface area contributed by atoms with E-state index in [0.29, 0.717) is 11.9 Å². The normalized spacial score (nSPS) is 10.2. The van der Waals surface area contributed by atoms with Gasteiger partial charge in [0.15, 0.2) is 0 Å². The molecule has 0 saturated heterocycles. The molecule has 52 valence electrons. The monoisotopic (exact) mass is 220 g/mol. The first-order valence-corrected chi connectivity index (χ1v) is 7.92. The molecule has 0 bridgehead atoms. The molecule has 0 aliphatic carbocycles. The Bertz CT molecular complexity index is 128. The van der Waals surface area contributed by atoms with E-state index in [1.165, 1.54) is 0 Å². The van der Waals surface area contributed by atoms with E-state index >= 15 is 0 Å². The fraction of sp³-hybridized carbons (Fsp3) is 0.500. The lowest BCUT2D eigenvalue weighted by Crippen LogP contribution is -2.05. The fourth-order valence-electron chi connectivity index (χ4n) is 0.210. The minimum absolute atomic E-state index is 0.301. The molecule has 0 N–H and O–H groups in total. The van der Waals surface area contributed by atoms with E-state index in [1.54, 1.807) is 0 Å². The van der Waals surface area contributed by atoms with Crippen molar-refractivity contribution in [3.63, 3.8) is 0 Å². The molecule has 5 heteroatoms. The maximum absolute atomic E-state index is 5.49. The molecule has 0 aliphatic rings. The van der Waals surface area contributed by atoms with Gasteiger partial charge in [-0.05, 0) is 0 Å². The first-order chi connectivity index (χ1) is 4.06. The maximum Gasteiger partial charge on any atom is 0.352 e. The van der Waals surface area contributed by atoms with Crippen LogP contribution < -0.4 is 0 Å². The molecule has 9 heavy (non-hydrogen) atoms. The van der Waals surface area contributed by atoms with E-state index in [0.717, 1.165) is 0 Å². The van der Waals surface area contributed by atoms with Crippen molar-refractivity contribution in [3.05, 3.63) is 0 Å². The van der Waals surface area contributed by atoms with Crippen molar-refractivity contribution in [2.24, 2.45) is 0 Å². The van der Waals surface area contributed by atoms with Gasteiger partial charge < -0.3 is 0 Å². The van der Waals surface area contributed by atoms with E-state index in [2.05, 4.69) is 11.8 Å². The molecule has 0 radical (unpaired) electrons. The second-order valence-corrected chi connectivity index (χ2v) is 10.7. The van der Waals surface area contributed by atoms with Crippen LogP contribution in [0.5, 0.6) is 0 Å². The Morgan fingerprint density at radius 2 is 1.67 bits per heavy atom. The summed E-state index contributed by atoms with van der Waals surface area (Å²) in [5, 5.41) is 0. The van der Waals surface area contributed by atoms with Crippen molar-refractivity contribution in [3.8, 4) is 11.8 Å². The fourth-order valence-corrected chi connectivity index (χ4v) is 1.23. The van der Waals surface area contributed by atoms with E-state index in [4.69, 9.17) is 44.8 Å². The summed E-state index contributed by atoms with van der Waals surface area (Å²) in [7, 11) is 0. The van der Waals surface area contributed by atoms with Crippen LogP contribution in [-0.2, 0) is 0 Å². The summed E-state index contributed by atoms with van der Waals surface area (Å²) in [5.41, 5.74) is 0. The number of hydrogen-bond acceptors (Lipinski definition) is 0. The van der Waals surface area contributed by atoms with Gasteiger partial charge in [0.1, 0.15) is 0 Å². The first-order valence-electron chi connectivity index (χ1n) is 2.14. The van der Waals surface area contributed by atoms with E-state index < -0.39 is 6.00 Å². The summed E-state index contributed by atoms with van der Waals surface area (Å²) >= 11 is 21.7. The zero-order valence-electron chi connectivity index (χ0n) is 4.43. The summed E-state index contributed by atoms with van der Waals surface area (Å²) in [6, 6.07) is -2.14. The van der Waals surface area contributed by atoms with Gasteiger partial charge in [0.2, 0.25) is 0 Å². The number of rotatable bonds is 1. The van der Waals surface area contributed by atoms with Crippen LogP contribution in [0.25, 0.3) is 0 Å². The Balaban J connectivity index is 3.50. The molecule has 0 saturated carbocycles. The van der Waals surface area contributed by atoms with Gasteiger partial charge in [0, 0.05) is 6.04 Å². The molecule has 0 amide bonds. The van der Waals surface area contributed by atoms with Crippen LogP contribution in [0.2, 0.25) is 6.04 Å². The van der Waals surface area contributed by atoms with Crippen LogP contribution in [0.15, 0.2) is 0 Å². The van der Waals surface area contributed by atoms with Gasteiger partial charge in [-0.2, -0.15) is 0 Å². The molecule has 0 heterocycles. The van der Waals surface area contributed by atoms with E-state index in [-0.39, 0.29) is 0 Å². The average Bonchev–Trinajstić information content (AvgIpc) is 1.63. The molecule has 0 atom stereocenters. The molecule has 0 unspecified atom stereocenters. The zero-order valence-corrected chi connectivity index (χ0v) is 8.45. The first kappa shape index (κ1) is 9.94. The molecule has 0 aromatic heterocycles. The predicted molar refractivity (Wildman–Crippen MR) is 46.6 cm³/mol. The van der Waals surface area contributed by atoms with E-state index in [1.807, 2.05) is 0 Å². The maximum atomic E-state index is 5.49. The van der Waals surface area contributed by atoms with Crippen molar-refractivity contribution in [2.45, 2.75) is 6.04 Å². The molecule has 0 aromatic carbocycles. The highest BCUT2D eigenvalue weighted by molar-refractivity contribution is 7.64. The lowest BCUT2D eigenvalue weighted by Gasteiger charge is -1.98. The van der Waals surface area contributed by atoms with Crippen LogP contribution in [0.1, 0.15) is 0 Å². The standard InChI is InChI=1S/C4H4Cl4Si/c5-3-1-2-4-9(6,7)8/h3-4H2. The Morgan fingerprint density at radius 3 is 2.00 bits per heavy atom. The topological polar surface area (TPSA) is 0 Å². The van der Waals surface area contributed by atoms with E-state index in [9.17, 15) is 0 Å². The highest BCUT2D eigenvalue weighted by Gasteiger charge is 2.22. The third kappa shape index (κ3) is 8.94.